The second-order valence-electron chi connectivity index (χ2n) is 9.85. The van der Waals surface area contributed by atoms with Gasteiger partial charge in [-0.05, 0) is 60.5 Å². The van der Waals surface area contributed by atoms with E-state index in [1.54, 1.807) is 0 Å². The van der Waals surface area contributed by atoms with Crippen LogP contribution >= 0.6 is 8.16 Å². The summed E-state index contributed by atoms with van der Waals surface area (Å²) in [4.78, 5) is 0. The summed E-state index contributed by atoms with van der Waals surface area (Å²) in [5, 5.41) is 8.73. The molecule has 2 atom stereocenters. The zero-order valence-corrected chi connectivity index (χ0v) is 23.1. The molecule has 0 radical (unpaired) electrons. The van der Waals surface area contributed by atoms with Crippen LogP contribution in [-0.4, -0.2) is 20.9 Å². The first-order chi connectivity index (χ1) is 16.4. The van der Waals surface area contributed by atoms with Gasteiger partial charge in [-0.2, -0.15) is 4.67 Å². The van der Waals surface area contributed by atoms with Gasteiger partial charge in [0, 0.05) is 22.9 Å². The first kappa shape index (κ1) is 23.2. The molecule has 1 heterocycles. The highest BCUT2D eigenvalue weighted by Gasteiger charge is 2.24. The SMILES string of the molecule is CC[Si@@H](C)c1cc2ccccc2c2c1op(N(C(C)C)C(C)C)oc1ccc3ccccc3c12. The van der Waals surface area contributed by atoms with Crippen LogP contribution < -0.4 is 9.86 Å². The van der Waals surface area contributed by atoms with Gasteiger partial charge >= 0.3 is 8.16 Å². The number of rotatable bonds is 5. The Balaban J connectivity index is 2.12. The highest BCUT2D eigenvalue weighted by molar-refractivity contribution is 7.39. The third kappa shape index (κ3) is 3.88. The quantitative estimate of drug-likeness (QED) is 0.233. The Morgan fingerprint density at radius 3 is 2.06 bits per heavy atom. The van der Waals surface area contributed by atoms with E-state index in [1.165, 1.54) is 43.5 Å². The van der Waals surface area contributed by atoms with Gasteiger partial charge in [-0.1, -0.05) is 80.2 Å². The molecule has 0 aliphatic heterocycles. The average molecular weight is 488 g/mol. The second kappa shape index (κ2) is 9.26. The van der Waals surface area contributed by atoms with Gasteiger partial charge in [-0.3, -0.25) is 0 Å². The molecule has 5 rings (SSSR count). The van der Waals surface area contributed by atoms with Crippen LogP contribution in [0.25, 0.3) is 43.5 Å². The van der Waals surface area contributed by atoms with Gasteiger partial charge in [0.05, 0.1) is 8.80 Å². The zero-order valence-electron chi connectivity index (χ0n) is 21.0. The van der Waals surface area contributed by atoms with E-state index in [-0.39, 0.29) is 0 Å². The molecule has 0 aliphatic rings. The minimum atomic E-state index is -1.32. The second-order valence-corrected chi connectivity index (χ2v) is 14.4. The van der Waals surface area contributed by atoms with Gasteiger partial charge in [0.2, 0.25) is 0 Å². The van der Waals surface area contributed by atoms with Crippen molar-refractivity contribution in [1.29, 1.82) is 0 Å². The van der Waals surface area contributed by atoms with Gasteiger partial charge < -0.3 is 8.39 Å². The maximum atomic E-state index is 7.04. The lowest BCUT2D eigenvalue weighted by Crippen LogP contribution is -2.34. The van der Waals surface area contributed by atoms with Crippen LogP contribution in [0.2, 0.25) is 12.6 Å². The van der Waals surface area contributed by atoms with Crippen molar-refractivity contribution in [3.05, 3.63) is 66.7 Å². The molecule has 0 saturated carbocycles. The lowest BCUT2D eigenvalue weighted by molar-refractivity contribution is 0.571. The molecular formula is C29H34NO2PSi. The van der Waals surface area contributed by atoms with Crippen LogP contribution in [-0.2, 0) is 0 Å². The van der Waals surface area contributed by atoms with Crippen molar-refractivity contribution < 1.29 is 8.39 Å². The minimum absolute atomic E-state index is 0.307. The molecule has 176 valence electrons. The van der Waals surface area contributed by atoms with E-state index in [0.29, 0.717) is 12.1 Å². The first-order valence-corrected chi connectivity index (χ1v) is 16.1. The monoisotopic (exact) mass is 487 g/mol. The highest BCUT2D eigenvalue weighted by atomic mass is 31.1. The van der Waals surface area contributed by atoms with E-state index >= 15 is 0 Å². The van der Waals surface area contributed by atoms with Crippen LogP contribution in [0, 0.1) is 0 Å². The molecule has 0 amide bonds. The predicted octanol–water partition coefficient (Wildman–Crippen LogP) is 8.44. The number of fused-ring (bicyclic) bond motifs is 7. The molecule has 34 heavy (non-hydrogen) atoms. The van der Waals surface area contributed by atoms with E-state index < -0.39 is 17.0 Å². The molecule has 4 aromatic carbocycles. The van der Waals surface area contributed by atoms with E-state index in [0.717, 1.165) is 11.2 Å². The smallest absolute Gasteiger partial charge is 0.310 e. The lowest BCUT2D eigenvalue weighted by atomic mass is 9.99. The van der Waals surface area contributed by atoms with E-state index in [4.69, 9.17) is 8.39 Å². The summed E-state index contributed by atoms with van der Waals surface area (Å²) in [6, 6.07) is 25.9. The van der Waals surface area contributed by atoms with Crippen molar-refractivity contribution >= 4 is 65.6 Å². The van der Waals surface area contributed by atoms with Crippen molar-refractivity contribution in [3.63, 3.8) is 0 Å². The van der Waals surface area contributed by atoms with Crippen molar-refractivity contribution in [2.75, 3.05) is 4.67 Å². The lowest BCUT2D eigenvalue weighted by Gasteiger charge is -2.26. The van der Waals surface area contributed by atoms with Gasteiger partial charge in [0.1, 0.15) is 11.2 Å². The predicted molar refractivity (Wildman–Crippen MR) is 153 cm³/mol. The average Bonchev–Trinajstić information content (AvgIpc) is 3.00. The molecule has 0 N–H and O–H groups in total. The van der Waals surface area contributed by atoms with Crippen LogP contribution in [0.15, 0.2) is 75.1 Å². The van der Waals surface area contributed by atoms with Crippen LogP contribution in [0.5, 0.6) is 0 Å². The number of nitrogens with zero attached hydrogens (tertiary/aromatic N) is 1. The molecule has 5 aromatic rings. The van der Waals surface area contributed by atoms with Crippen molar-refractivity contribution in [2.45, 2.75) is 59.3 Å². The maximum absolute atomic E-state index is 7.04. The van der Waals surface area contributed by atoms with Crippen LogP contribution in [0.1, 0.15) is 34.6 Å². The van der Waals surface area contributed by atoms with Gasteiger partial charge in [-0.15, -0.1) is 0 Å². The zero-order chi connectivity index (χ0) is 24.0. The molecule has 0 saturated heterocycles. The third-order valence-corrected chi connectivity index (χ3v) is 11.6. The van der Waals surface area contributed by atoms with Gasteiger partial charge in [-0.25, -0.2) is 0 Å². The Kier molecular flexibility index (Phi) is 6.33. The topological polar surface area (TPSA) is 29.5 Å². The van der Waals surface area contributed by atoms with E-state index in [9.17, 15) is 0 Å². The highest BCUT2D eigenvalue weighted by Crippen LogP contribution is 2.42. The Labute approximate surface area is 204 Å². The van der Waals surface area contributed by atoms with E-state index in [1.807, 2.05) is 0 Å². The summed E-state index contributed by atoms with van der Waals surface area (Å²) in [7, 11) is -2.52. The van der Waals surface area contributed by atoms with Gasteiger partial charge in [0.25, 0.3) is 0 Å². The summed E-state index contributed by atoms with van der Waals surface area (Å²) in [5.74, 6) is 0. The standard InChI is InChI=1S/C29H34NO2PSi/c1-7-34(6)26-18-22-13-9-11-15-24(22)28-27-23-14-10-8-12-21(23)16-17-25(27)31-33(32-29(26)28)30(19(2)3)20(4)5/h8-20,34H,7H2,1-6H3/t33?,34-/m1/s1. The molecule has 0 aliphatic carbocycles. The number of hydrogen-bond acceptors (Lipinski definition) is 3. The number of hydrogen-bond donors (Lipinski definition) is 0. The third-order valence-electron chi connectivity index (χ3n) is 6.91. The van der Waals surface area contributed by atoms with Crippen molar-refractivity contribution in [3.8, 4) is 0 Å². The Hall–Kier alpha value is -2.52. The molecule has 0 bridgehead atoms. The molecule has 0 spiro atoms. The van der Waals surface area contributed by atoms with Crippen molar-refractivity contribution in [2.24, 2.45) is 0 Å². The number of benzene rings is 4. The molecular weight excluding hydrogens is 453 g/mol. The molecule has 3 nitrogen and oxygen atoms in total. The molecule has 1 unspecified atom stereocenters. The fourth-order valence-corrected chi connectivity index (χ4v) is 8.42. The summed E-state index contributed by atoms with van der Waals surface area (Å²) in [5.41, 5.74) is 1.97. The van der Waals surface area contributed by atoms with Crippen molar-refractivity contribution in [1.82, 2.24) is 0 Å². The summed E-state index contributed by atoms with van der Waals surface area (Å²) < 4.78 is 16.3. The summed E-state index contributed by atoms with van der Waals surface area (Å²) >= 11 is 0. The Morgan fingerprint density at radius 2 is 1.41 bits per heavy atom. The van der Waals surface area contributed by atoms with Gasteiger partial charge in [0.15, 0.2) is 0 Å². The van der Waals surface area contributed by atoms with Crippen LogP contribution in [0.3, 0.4) is 0 Å². The molecule has 0 fully saturated rings. The fraction of sp³-hybridized carbons (Fsp3) is 0.310. The first-order valence-electron chi connectivity index (χ1n) is 12.4. The Morgan fingerprint density at radius 1 is 0.794 bits per heavy atom. The summed E-state index contributed by atoms with van der Waals surface area (Å²) in [6.07, 6.45) is 0. The largest absolute Gasteiger partial charge is 0.408 e. The normalized spacial score (nSPS) is 13.7. The fourth-order valence-electron chi connectivity index (χ4n) is 5.12. The van der Waals surface area contributed by atoms with Crippen LogP contribution in [0.4, 0.5) is 0 Å². The Bertz CT molecular complexity index is 1530. The molecule has 1 aromatic heterocycles. The van der Waals surface area contributed by atoms with E-state index in [2.05, 4.69) is 113 Å². The maximum Gasteiger partial charge on any atom is 0.310 e. The summed E-state index contributed by atoms with van der Waals surface area (Å²) in [6.45, 7) is 13.7. The molecule has 5 heteroatoms. The minimum Gasteiger partial charge on any atom is -0.408 e.